The summed E-state index contributed by atoms with van der Waals surface area (Å²) >= 11 is 0. The topological polar surface area (TPSA) is 38.3 Å². The van der Waals surface area contributed by atoms with Gasteiger partial charge in [0, 0.05) is 23.9 Å². The van der Waals surface area contributed by atoms with Crippen LogP contribution in [0.15, 0.2) is 42.5 Å². The van der Waals surface area contributed by atoms with Gasteiger partial charge >= 0.3 is 0 Å². The number of carbonyl (C=O) groups is 1. The lowest BCUT2D eigenvalue weighted by Crippen LogP contribution is -2.39. The Hall–Kier alpha value is -2.36. The maximum atomic E-state index is 13.3. The number of hydrogen-bond acceptors (Lipinski definition) is 2. The molecule has 1 aliphatic heterocycles. The van der Waals surface area contributed by atoms with Crippen LogP contribution >= 0.6 is 0 Å². The molecular formula is C21H22FNO2. The number of fused-ring (bicyclic) bond motifs is 1. The van der Waals surface area contributed by atoms with Gasteiger partial charge < -0.3 is 10.1 Å². The fourth-order valence-corrected chi connectivity index (χ4v) is 4.10. The number of amides is 1. The molecule has 0 atom stereocenters. The summed E-state index contributed by atoms with van der Waals surface area (Å²) in [6.45, 7) is 1.28. The minimum absolute atomic E-state index is 0.0527. The standard InChI is InChI=1S/C21H22FNO2/c22-18-6-4-17(5-7-18)21(10-1-2-11-21)14-23-20(24)16-3-8-19-15(13-16)9-12-25-19/h3-8,13H,1-2,9-12,14H2,(H,23,24). The van der Waals surface area contributed by atoms with Crippen molar-refractivity contribution < 1.29 is 13.9 Å². The molecule has 2 aromatic rings. The summed E-state index contributed by atoms with van der Waals surface area (Å²) in [5.74, 6) is 0.611. The third-order valence-corrected chi connectivity index (χ3v) is 5.56. The Morgan fingerprint density at radius 3 is 2.64 bits per heavy atom. The zero-order chi connectivity index (χ0) is 17.3. The quantitative estimate of drug-likeness (QED) is 0.914. The third-order valence-electron chi connectivity index (χ3n) is 5.56. The second kappa shape index (κ2) is 6.51. The molecule has 4 heteroatoms. The van der Waals surface area contributed by atoms with Crippen molar-refractivity contribution in [3.8, 4) is 5.75 Å². The molecule has 2 aromatic carbocycles. The summed E-state index contributed by atoms with van der Waals surface area (Å²) in [5.41, 5.74) is 2.82. The van der Waals surface area contributed by atoms with Gasteiger partial charge in [0.15, 0.2) is 0 Å². The van der Waals surface area contributed by atoms with Crippen molar-refractivity contribution in [3.05, 3.63) is 65.0 Å². The van der Waals surface area contributed by atoms with Crippen molar-refractivity contribution in [1.82, 2.24) is 5.32 Å². The molecular weight excluding hydrogens is 317 g/mol. The van der Waals surface area contributed by atoms with E-state index < -0.39 is 0 Å². The van der Waals surface area contributed by atoms with Gasteiger partial charge in [-0.25, -0.2) is 4.39 Å². The van der Waals surface area contributed by atoms with Crippen LogP contribution in [0.2, 0.25) is 0 Å². The number of hydrogen-bond donors (Lipinski definition) is 1. The second-order valence-electron chi connectivity index (χ2n) is 7.10. The van der Waals surface area contributed by atoms with Crippen molar-refractivity contribution in [2.24, 2.45) is 0 Å². The van der Waals surface area contributed by atoms with Gasteiger partial charge in [0.1, 0.15) is 11.6 Å². The van der Waals surface area contributed by atoms with E-state index in [0.717, 1.165) is 49.0 Å². The molecule has 130 valence electrons. The summed E-state index contributed by atoms with van der Waals surface area (Å²) in [6, 6.07) is 12.4. The van der Waals surface area contributed by atoms with Crippen LogP contribution in [0, 0.1) is 5.82 Å². The average Bonchev–Trinajstić information content (AvgIpc) is 3.29. The molecule has 1 N–H and O–H groups in total. The van der Waals surface area contributed by atoms with E-state index in [0.29, 0.717) is 18.7 Å². The first kappa shape index (κ1) is 16.1. The molecule has 3 nitrogen and oxygen atoms in total. The van der Waals surface area contributed by atoms with Gasteiger partial charge in [0.25, 0.3) is 5.91 Å². The monoisotopic (exact) mass is 339 g/mol. The summed E-state index contributed by atoms with van der Waals surface area (Å²) in [7, 11) is 0. The van der Waals surface area contributed by atoms with Crippen LogP contribution in [0.3, 0.4) is 0 Å². The van der Waals surface area contributed by atoms with E-state index in [4.69, 9.17) is 4.74 Å². The molecule has 2 aliphatic rings. The molecule has 1 amide bonds. The van der Waals surface area contributed by atoms with Crippen molar-refractivity contribution in [2.45, 2.75) is 37.5 Å². The fourth-order valence-electron chi connectivity index (χ4n) is 4.10. The van der Waals surface area contributed by atoms with Gasteiger partial charge in [-0.15, -0.1) is 0 Å². The smallest absolute Gasteiger partial charge is 0.251 e. The van der Waals surface area contributed by atoms with E-state index in [-0.39, 0.29) is 17.1 Å². The molecule has 1 aliphatic carbocycles. The van der Waals surface area contributed by atoms with Gasteiger partial charge in [-0.3, -0.25) is 4.79 Å². The van der Waals surface area contributed by atoms with Crippen LogP contribution in [0.25, 0.3) is 0 Å². The minimum Gasteiger partial charge on any atom is -0.493 e. The highest BCUT2D eigenvalue weighted by atomic mass is 19.1. The summed E-state index contributed by atoms with van der Waals surface area (Å²) in [4.78, 5) is 12.6. The largest absolute Gasteiger partial charge is 0.493 e. The molecule has 0 saturated heterocycles. The Bertz CT molecular complexity index is 779. The molecule has 0 spiro atoms. The predicted octanol–water partition coefficient (Wildman–Crippen LogP) is 4.00. The van der Waals surface area contributed by atoms with Gasteiger partial charge in [-0.1, -0.05) is 25.0 Å². The van der Waals surface area contributed by atoms with Crippen molar-refractivity contribution >= 4 is 5.91 Å². The van der Waals surface area contributed by atoms with Crippen LogP contribution in [0.1, 0.15) is 47.2 Å². The van der Waals surface area contributed by atoms with E-state index in [2.05, 4.69) is 5.32 Å². The minimum atomic E-state index is -0.221. The Morgan fingerprint density at radius 1 is 1.12 bits per heavy atom. The molecule has 0 bridgehead atoms. The summed E-state index contributed by atoms with van der Waals surface area (Å²) in [5, 5.41) is 3.11. The maximum Gasteiger partial charge on any atom is 0.251 e. The van der Waals surface area contributed by atoms with E-state index in [1.165, 1.54) is 12.1 Å². The molecule has 0 unspecified atom stereocenters. The molecule has 4 rings (SSSR count). The van der Waals surface area contributed by atoms with E-state index in [1.54, 1.807) is 0 Å². The first-order chi connectivity index (χ1) is 12.2. The van der Waals surface area contributed by atoms with Crippen LogP contribution in [0.4, 0.5) is 4.39 Å². The van der Waals surface area contributed by atoms with Crippen molar-refractivity contribution in [2.75, 3.05) is 13.2 Å². The number of carbonyl (C=O) groups excluding carboxylic acids is 1. The number of ether oxygens (including phenoxy) is 1. The zero-order valence-electron chi connectivity index (χ0n) is 14.2. The number of benzene rings is 2. The zero-order valence-corrected chi connectivity index (χ0v) is 14.2. The van der Waals surface area contributed by atoms with Crippen LogP contribution < -0.4 is 10.1 Å². The number of rotatable bonds is 4. The van der Waals surface area contributed by atoms with E-state index >= 15 is 0 Å². The number of nitrogens with one attached hydrogen (secondary N) is 1. The SMILES string of the molecule is O=C(NCC1(c2ccc(F)cc2)CCCC1)c1ccc2c(c1)CCO2. The first-order valence-corrected chi connectivity index (χ1v) is 8.96. The third kappa shape index (κ3) is 3.13. The highest BCUT2D eigenvalue weighted by molar-refractivity contribution is 5.94. The lowest BCUT2D eigenvalue weighted by Gasteiger charge is -2.30. The molecule has 1 saturated carbocycles. The van der Waals surface area contributed by atoms with Gasteiger partial charge in [-0.05, 0) is 54.3 Å². The maximum absolute atomic E-state index is 13.3. The predicted molar refractivity (Wildman–Crippen MR) is 94.5 cm³/mol. The second-order valence-corrected chi connectivity index (χ2v) is 7.10. The molecule has 25 heavy (non-hydrogen) atoms. The first-order valence-electron chi connectivity index (χ1n) is 8.96. The lowest BCUT2D eigenvalue weighted by atomic mass is 9.78. The highest BCUT2D eigenvalue weighted by Gasteiger charge is 2.36. The highest BCUT2D eigenvalue weighted by Crippen LogP contribution is 2.40. The molecule has 0 radical (unpaired) electrons. The molecule has 0 aromatic heterocycles. The lowest BCUT2D eigenvalue weighted by molar-refractivity contribution is 0.0943. The summed E-state index contributed by atoms with van der Waals surface area (Å²) < 4.78 is 18.8. The van der Waals surface area contributed by atoms with E-state index in [9.17, 15) is 9.18 Å². The Labute approximate surface area is 147 Å². The van der Waals surface area contributed by atoms with E-state index in [1.807, 2.05) is 30.3 Å². The van der Waals surface area contributed by atoms with Crippen LogP contribution in [-0.2, 0) is 11.8 Å². The van der Waals surface area contributed by atoms with Crippen molar-refractivity contribution in [1.29, 1.82) is 0 Å². The van der Waals surface area contributed by atoms with Crippen molar-refractivity contribution in [3.63, 3.8) is 0 Å². The average molecular weight is 339 g/mol. The molecule has 1 fully saturated rings. The van der Waals surface area contributed by atoms with Crippen LogP contribution in [-0.4, -0.2) is 19.1 Å². The fraction of sp³-hybridized carbons (Fsp3) is 0.381. The van der Waals surface area contributed by atoms with Gasteiger partial charge in [-0.2, -0.15) is 0 Å². The molecule has 1 heterocycles. The summed E-state index contributed by atoms with van der Waals surface area (Å²) in [6.07, 6.45) is 5.19. The van der Waals surface area contributed by atoms with Crippen LogP contribution in [0.5, 0.6) is 5.75 Å². The Balaban J connectivity index is 1.50. The normalized spacial score (nSPS) is 17.8. The van der Waals surface area contributed by atoms with Gasteiger partial charge in [0.05, 0.1) is 6.61 Å². The Morgan fingerprint density at radius 2 is 1.88 bits per heavy atom. The number of halogens is 1. The van der Waals surface area contributed by atoms with Gasteiger partial charge in [0.2, 0.25) is 0 Å². The Kier molecular flexibility index (Phi) is 4.20.